The van der Waals surface area contributed by atoms with Gasteiger partial charge in [-0.3, -0.25) is 0 Å². The van der Waals surface area contributed by atoms with Crippen LogP contribution in [0.1, 0.15) is 13.8 Å². The molecular formula is C12H20N2O. The van der Waals surface area contributed by atoms with Crippen molar-refractivity contribution in [2.45, 2.75) is 19.9 Å². The van der Waals surface area contributed by atoms with Crippen LogP contribution in [0.5, 0.6) is 5.75 Å². The predicted molar refractivity (Wildman–Crippen MR) is 64.3 cm³/mol. The van der Waals surface area contributed by atoms with Crippen molar-refractivity contribution < 1.29 is 4.74 Å². The van der Waals surface area contributed by atoms with Gasteiger partial charge in [-0.05, 0) is 30.2 Å². The summed E-state index contributed by atoms with van der Waals surface area (Å²) in [7, 11) is 1.66. The van der Waals surface area contributed by atoms with Gasteiger partial charge in [0.1, 0.15) is 5.75 Å². The molecule has 1 aromatic rings. The first-order valence-electron chi connectivity index (χ1n) is 5.27. The molecule has 84 valence electrons. The number of ether oxygens (including phenoxy) is 1. The van der Waals surface area contributed by atoms with E-state index in [1.54, 1.807) is 7.11 Å². The van der Waals surface area contributed by atoms with Gasteiger partial charge in [-0.15, -0.1) is 0 Å². The number of hydrogen-bond acceptors (Lipinski definition) is 3. The lowest BCUT2D eigenvalue weighted by Gasteiger charge is -2.17. The minimum Gasteiger partial charge on any atom is -0.497 e. The fourth-order valence-electron chi connectivity index (χ4n) is 1.18. The third kappa shape index (κ3) is 3.80. The van der Waals surface area contributed by atoms with Crippen LogP contribution in [0.3, 0.4) is 0 Å². The first-order chi connectivity index (χ1) is 7.13. The van der Waals surface area contributed by atoms with Crippen molar-refractivity contribution in [2.24, 2.45) is 11.7 Å². The van der Waals surface area contributed by atoms with Gasteiger partial charge in [0.15, 0.2) is 0 Å². The van der Waals surface area contributed by atoms with Gasteiger partial charge in [0.25, 0.3) is 0 Å². The van der Waals surface area contributed by atoms with Crippen molar-refractivity contribution in [3.63, 3.8) is 0 Å². The average Bonchev–Trinajstić information content (AvgIpc) is 2.26. The summed E-state index contributed by atoms with van der Waals surface area (Å²) in [6.45, 7) is 5.05. The maximum absolute atomic E-state index is 5.93. The number of benzene rings is 1. The summed E-state index contributed by atoms with van der Waals surface area (Å²) in [4.78, 5) is 0. The van der Waals surface area contributed by atoms with E-state index in [4.69, 9.17) is 10.5 Å². The maximum Gasteiger partial charge on any atom is 0.119 e. The number of nitrogens with one attached hydrogen (secondary N) is 1. The van der Waals surface area contributed by atoms with E-state index >= 15 is 0 Å². The van der Waals surface area contributed by atoms with Crippen LogP contribution in [0, 0.1) is 5.92 Å². The topological polar surface area (TPSA) is 47.3 Å². The second-order valence-corrected chi connectivity index (χ2v) is 4.02. The summed E-state index contributed by atoms with van der Waals surface area (Å²) < 4.78 is 5.08. The molecule has 3 N–H and O–H groups in total. The lowest BCUT2D eigenvalue weighted by Crippen LogP contribution is -2.33. The molecule has 0 bridgehead atoms. The number of anilines is 1. The lowest BCUT2D eigenvalue weighted by atomic mass is 10.1. The van der Waals surface area contributed by atoms with Crippen molar-refractivity contribution in [1.82, 2.24) is 0 Å². The van der Waals surface area contributed by atoms with Gasteiger partial charge in [-0.1, -0.05) is 13.8 Å². The zero-order chi connectivity index (χ0) is 11.3. The predicted octanol–water partition coefficient (Wildman–Crippen LogP) is 2.09. The summed E-state index contributed by atoms with van der Waals surface area (Å²) >= 11 is 0. The summed E-state index contributed by atoms with van der Waals surface area (Å²) in [5.74, 6) is 1.37. The van der Waals surface area contributed by atoms with E-state index in [9.17, 15) is 0 Å². The van der Waals surface area contributed by atoms with Crippen LogP contribution in [0.15, 0.2) is 24.3 Å². The standard InChI is InChI=1S/C12H20N2O/c1-9(2)12(13)8-14-10-4-6-11(15-3)7-5-10/h4-7,9,12,14H,8,13H2,1-3H3. The Hall–Kier alpha value is -1.22. The quantitative estimate of drug-likeness (QED) is 0.779. The SMILES string of the molecule is COc1ccc(NCC(N)C(C)C)cc1. The third-order valence-electron chi connectivity index (χ3n) is 2.49. The molecule has 1 unspecified atom stereocenters. The Morgan fingerprint density at radius 1 is 1.27 bits per heavy atom. The largest absolute Gasteiger partial charge is 0.497 e. The van der Waals surface area contributed by atoms with E-state index in [0.717, 1.165) is 18.0 Å². The summed E-state index contributed by atoms with van der Waals surface area (Å²) in [6, 6.07) is 8.04. The van der Waals surface area contributed by atoms with Crippen LogP contribution in [0.2, 0.25) is 0 Å². The molecule has 1 aromatic carbocycles. The van der Waals surface area contributed by atoms with Crippen LogP contribution in [0.25, 0.3) is 0 Å². The van der Waals surface area contributed by atoms with Crippen molar-refractivity contribution in [2.75, 3.05) is 19.0 Å². The van der Waals surface area contributed by atoms with Crippen molar-refractivity contribution in [3.8, 4) is 5.75 Å². The fourth-order valence-corrected chi connectivity index (χ4v) is 1.18. The van der Waals surface area contributed by atoms with Gasteiger partial charge in [0.05, 0.1) is 7.11 Å². The van der Waals surface area contributed by atoms with Gasteiger partial charge in [0.2, 0.25) is 0 Å². The Morgan fingerprint density at radius 3 is 2.33 bits per heavy atom. The van der Waals surface area contributed by atoms with E-state index in [0.29, 0.717) is 5.92 Å². The van der Waals surface area contributed by atoms with E-state index < -0.39 is 0 Å². The summed E-state index contributed by atoms with van der Waals surface area (Å²) in [6.07, 6.45) is 0. The van der Waals surface area contributed by atoms with Gasteiger partial charge < -0.3 is 15.8 Å². The molecule has 0 radical (unpaired) electrons. The molecule has 1 atom stereocenters. The van der Waals surface area contributed by atoms with Crippen LogP contribution in [-0.2, 0) is 0 Å². The number of rotatable bonds is 5. The van der Waals surface area contributed by atoms with Crippen LogP contribution in [0.4, 0.5) is 5.69 Å². The molecule has 0 spiro atoms. The maximum atomic E-state index is 5.93. The third-order valence-corrected chi connectivity index (χ3v) is 2.49. The Kier molecular flexibility index (Phi) is 4.43. The van der Waals surface area contributed by atoms with Crippen LogP contribution >= 0.6 is 0 Å². The fraction of sp³-hybridized carbons (Fsp3) is 0.500. The van der Waals surface area contributed by atoms with Crippen LogP contribution < -0.4 is 15.8 Å². The zero-order valence-electron chi connectivity index (χ0n) is 9.66. The Labute approximate surface area is 91.6 Å². The number of hydrogen-bond donors (Lipinski definition) is 2. The number of methoxy groups -OCH3 is 1. The normalized spacial score (nSPS) is 12.6. The first kappa shape index (κ1) is 11.9. The molecule has 15 heavy (non-hydrogen) atoms. The molecule has 0 saturated carbocycles. The molecule has 3 heteroatoms. The second kappa shape index (κ2) is 5.61. The Balaban J connectivity index is 2.44. The minimum atomic E-state index is 0.187. The molecule has 0 aliphatic heterocycles. The zero-order valence-corrected chi connectivity index (χ0v) is 9.66. The van der Waals surface area contributed by atoms with E-state index in [1.807, 2.05) is 24.3 Å². The van der Waals surface area contributed by atoms with Crippen molar-refractivity contribution >= 4 is 5.69 Å². The van der Waals surface area contributed by atoms with E-state index in [-0.39, 0.29) is 6.04 Å². The summed E-state index contributed by atoms with van der Waals surface area (Å²) in [5, 5.41) is 3.30. The van der Waals surface area contributed by atoms with Gasteiger partial charge in [0, 0.05) is 18.3 Å². The molecule has 0 aliphatic carbocycles. The highest BCUT2D eigenvalue weighted by atomic mass is 16.5. The highest BCUT2D eigenvalue weighted by Gasteiger charge is 2.06. The molecule has 0 fully saturated rings. The van der Waals surface area contributed by atoms with Crippen molar-refractivity contribution in [3.05, 3.63) is 24.3 Å². The molecule has 0 amide bonds. The minimum absolute atomic E-state index is 0.187. The number of nitrogens with two attached hydrogens (primary N) is 1. The Bertz CT molecular complexity index is 282. The molecule has 0 aromatic heterocycles. The van der Waals surface area contributed by atoms with E-state index in [1.165, 1.54) is 0 Å². The highest BCUT2D eigenvalue weighted by molar-refractivity contribution is 5.46. The lowest BCUT2D eigenvalue weighted by molar-refractivity contribution is 0.415. The van der Waals surface area contributed by atoms with Gasteiger partial charge >= 0.3 is 0 Å². The highest BCUT2D eigenvalue weighted by Crippen LogP contribution is 2.15. The second-order valence-electron chi connectivity index (χ2n) is 4.02. The summed E-state index contributed by atoms with van der Waals surface area (Å²) in [5.41, 5.74) is 7.01. The van der Waals surface area contributed by atoms with Gasteiger partial charge in [-0.25, -0.2) is 0 Å². The molecule has 0 saturated heterocycles. The molecule has 3 nitrogen and oxygen atoms in total. The van der Waals surface area contributed by atoms with E-state index in [2.05, 4.69) is 19.2 Å². The van der Waals surface area contributed by atoms with Gasteiger partial charge in [-0.2, -0.15) is 0 Å². The average molecular weight is 208 g/mol. The first-order valence-corrected chi connectivity index (χ1v) is 5.27. The smallest absolute Gasteiger partial charge is 0.119 e. The Morgan fingerprint density at radius 2 is 1.87 bits per heavy atom. The molecule has 1 rings (SSSR count). The molecule has 0 heterocycles. The monoisotopic (exact) mass is 208 g/mol. The van der Waals surface area contributed by atoms with Crippen LogP contribution in [-0.4, -0.2) is 19.7 Å². The molecule has 0 aliphatic rings. The molecular weight excluding hydrogens is 188 g/mol. The van der Waals surface area contributed by atoms with Crippen molar-refractivity contribution in [1.29, 1.82) is 0 Å².